The Labute approximate surface area is 183 Å². The fourth-order valence-corrected chi connectivity index (χ4v) is 3.43. The van der Waals surface area contributed by atoms with Crippen molar-refractivity contribution in [3.05, 3.63) is 108 Å². The van der Waals surface area contributed by atoms with Crippen molar-refractivity contribution in [2.24, 2.45) is 0 Å². The highest BCUT2D eigenvalue weighted by atomic mass is 19.1. The summed E-state index contributed by atoms with van der Waals surface area (Å²) >= 11 is 0. The number of aromatic nitrogens is 4. The van der Waals surface area contributed by atoms with E-state index in [2.05, 4.69) is 25.3 Å². The highest BCUT2D eigenvalue weighted by Crippen LogP contribution is 2.20. The van der Waals surface area contributed by atoms with Crippen LogP contribution in [0.25, 0.3) is 22.4 Å². The number of H-pyrrole nitrogens is 1. The van der Waals surface area contributed by atoms with Crippen molar-refractivity contribution in [3.8, 4) is 11.4 Å². The molecule has 0 fully saturated rings. The monoisotopic (exact) mass is 423 g/mol. The second kappa shape index (κ2) is 8.39. The summed E-state index contributed by atoms with van der Waals surface area (Å²) in [7, 11) is 0. The number of carbonyl (C=O) groups excluding carboxylic acids is 1. The van der Waals surface area contributed by atoms with Crippen LogP contribution in [0.4, 0.5) is 10.1 Å². The third-order valence-electron chi connectivity index (χ3n) is 5.05. The molecule has 2 heterocycles. The topological polar surface area (TPSA) is 83.6 Å². The van der Waals surface area contributed by atoms with Gasteiger partial charge < -0.3 is 10.3 Å². The van der Waals surface area contributed by atoms with Crippen LogP contribution in [-0.2, 0) is 6.42 Å². The second-order valence-electron chi connectivity index (χ2n) is 7.30. The SMILES string of the molecule is O=C(Nc1ccc2nc(Cc3ccccc3F)[nH]c2c1)c1cnc(-c2ccccc2)nc1. The van der Waals surface area contributed by atoms with E-state index in [0.717, 1.165) is 16.6 Å². The average molecular weight is 423 g/mol. The van der Waals surface area contributed by atoms with Gasteiger partial charge in [0.25, 0.3) is 5.91 Å². The number of nitrogens with one attached hydrogen (secondary N) is 2. The van der Waals surface area contributed by atoms with Crippen molar-refractivity contribution in [2.45, 2.75) is 6.42 Å². The molecule has 0 atom stereocenters. The molecule has 0 saturated heterocycles. The molecule has 0 spiro atoms. The number of anilines is 1. The first-order chi connectivity index (χ1) is 15.7. The molecule has 0 aliphatic heterocycles. The Bertz CT molecular complexity index is 1400. The predicted molar refractivity (Wildman–Crippen MR) is 121 cm³/mol. The van der Waals surface area contributed by atoms with Gasteiger partial charge in [0.2, 0.25) is 0 Å². The first kappa shape index (κ1) is 19.6. The zero-order valence-electron chi connectivity index (χ0n) is 16.9. The van der Waals surface area contributed by atoms with Gasteiger partial charge in [0.05, 0.1) is 16.6 Å². The zero-order chi connectivity index (χ0) is 21.9. The number of imidazole rings is 1. The highest BCUT2D eigenvalue weighted by molar-refractivity contribution is 6.04. The number of nitrogens with zero attached hydrogens (tertiary/aromatic N) is 3. The standard InChI is InChI=1S/C25H18FN5O/c26-20-9-5-4-8-17(20)12-23-30-21-11-10-19(13-22(21)31-23)29-25(32)18-14-27-24(28-15-18)16-6-2-1-3-7-16/h1-11,13-15H,12H2,(H,29,32)(H,30,31). The van der Waals surface area contributed by atoms with Crippen LogP contribution in [0.15, 0.2) is 85.2 Å². The van der Waals surface area contributed by atoms with Crippen molar-refractivity contribution >= 4 is 22.6 Å². The lowest BCUT2D eigenvalue weighted by molar-refractivity contribution is 0.102. The molecule has 156 valence electrons. The number of hydrogen-bond donors (Lipinski definition) is 2. The van der Waals surface area contributed by atoms with Crippen LogP contribution >= 0.6 is 0 Å². The fourth-order valence-electron chi connectivity index (χ4n) is 3.43. The Morgan fingerprint density at radius 1 is 0.938 bits per heavy atom. The summed E-state index contributed by atoms with van der Waals surface area (Å²) in [6.45, 7) is 0. The normalized spacial score (nSPS) is 10.9. The van der Waals surface area contributed by atoms with Crippen LogP contribution in [-0.4, -0.2) is 25.8 Å². The number of rotatable bonds is 5. The van der Waals surface area contributed by atoms with Gasteiger partial charge in [-0.05, 0) is 29.8 Å². The summed E-state index contributed by atoms with van der Waals surface area (Å²) in [5, 5.41) is 2.85. The summed E-state index contributed by atoms with van der Waals surface area (Å²) in [6, 6.07) is 21.6. The maximum absolute atomic E-state index is 13.9. The van der Waals surface area contributed by atoms with Gasteiger partial charge in [-0.2, -0.15) is 0 Å². The number of amides is 1. The largest absolute Gasteiger partial charge is 0.342 e. The molecule has 7 heteroatoms. The van der Waals surface area contributed by atoms with Gasteiger partial charge in [0, 0.05) is 30.1 Å². The zero-order valence-corrected chi connectivity index (χ0v) is 16.9. The quantitative estimate of drug-likeness (QED) is 0.417. The third kappa shape index (κ3) is 4.09. The maximum atomic E-state index is 13.9. The fraction of sp³-hybridized carbons (Fsp3) is 0.0400. The molecule has 1 amide bonds. The van der Waals surface area contributed by atoms with Gasteiger partial charge >= 0.3 is 0 Å². The molecular formula is C25H18FN5O. The van der Waals surface area contributed by atoms with Gasteiger partial charge in [-0.1, -0.05) is 48.5 Å². The lowest BCUT2D eigenvalue weighted by atomic mass is 10.1. The molecule has 0 saturated carbocycles. The molecule has 32 heavy (non-hydrogen) atoms. The summed E-state index contributed by atoms with van der Waals surface area (Å²) in [4.78, 5) is 28.9. The van der Waals surface area contributed by atoms with Crippen molar-refractivity contribution < 1.29 is 9.18 Å². The van der Waals surface area contributed by atoms with E-state index in [1.807, 2.05) is 30.3 Å². The number of benzene rings is 3. The van der Waals surface area contributed by atoms with Crippen LogP contribution in [0.1, 0.15) is 21.7 Å². The Kier molecular flexibility index (Phi) is 5.13. The van der Waals surface area contributed by atoms with Crippen molar-refractivity contribution in [1.82, 2.24) is 19.9 Å². The summed E-state index contributed by atoms with van der Waals surface area (Å²) < 4.78 is 13.9. The number of halogens is 1. The molecule has 5 aromatic rings. The molecule has 0 bridgehead atoms. The first-order valence-corrected chi connectivity index (χ1v) is 10.1. The van der Waals surface area contributed by atoms with Gasteiger partial charge in [-0.25, -0.2) is 19.3 Å². The van der Waals surface area contributed by atoms with E-state index >= 15 is 0 Å². The smallest absolute Gasteiger partial charge is 0.258 e. The van der Waals surface area contributed by atoms with Crippen LogP contribution < -0.4 is 5.32 Å². The van der Waals surface area contributed by atoms with Crippen molar-refractivity contribution in [2.75, 3.05) is 5.32 Å². The Balaban J connectivity index is 1.31. The predicted octanol–water partition coefficient (Wildman–Crippen LogP) is 5.00. The molecule has 0 unspecified atom stereocenters. The molecule has 0 radical (unpaired) electrons. The highest BCUT2D eigenvalue weighted by Gasteiger charge is 2.11. The molecule has 5 rings (SSSR count). The average Bonchev–Trinajstić information content (AvgIpc) is 3.23. The molecule has 0 aliphatic carbocycles. The summed E-state index contributed by atoms with van der Waals surface area (Å²) in [5.41, 5.74) is 3.91. The molecule has 6 nitrogen and oxygen atoms in total. The van der Waals surface area contributed by atoms with Crippen LogP contribution in [0.3, 0.4) is 0 Å². The first-order valence-electron chi connectivity index (χ1n) is 10.1. The number of hydrogen-bond acceptors (Lipinski definition) is 4. The van der Waals surface area contributed by atoms with Gasteiger partial charge in [0.15, 0.2) is 5.82 Å². The molecule has 3 aromatic carbocycles. The number of carbonyl (C=O) groups is 1. The van der Waals surface area contributed by atoms with E-state index in [9.17, 15) is 9.18 Å². The molecular weight excluding hydrogens is 405 g/mol. The minimum Gasteiger partial charge on any atom is -0.342 e. The van der Waals surface area contributed by atoms with Crippen LogP contribution in [0.5, 0.6) is 0 Å². The molecule has 2 aromatic heterocycles. The minimum absolute atomic E-state index is 0.263. The minimum atomic E-state index is -0.310. The molecule has 0 aliphatic rings. The number of aromatic amines is 1. The van der Waals surface area contributed by atoms with Crippen LogP contribution in [0.2, 0.25) is 0 Å². The lowest BCUT2D eigenvalue weighted by Gasteiger charge is -2.05. The van der Waals surface area contributed by atoms with Gasteiger partial charge in [-0.3, -0.25) is 4.79 Å². The Morgan fingerprint density at radius 2 is 1.69 bits per heavy atom. The van der Waals surface area contributed by atoms with E-state index in [-0.39, 0.29) is 11.7 Å². The van der Waals surface area contributed by atoms with Crippen molar-refractivity contribution in [1.29, 1.82) is 0 Å². The third-order valence-corrected chi connectivity index (χ3v) is 5.05. The summed E-state index contributed by atoms with van der Waals surface area (Å²) in [5.74, 6) is 0.637. The summed E-state index contributed by atoms with van der Waals surface area (Å²) in [6.07, 6.45) is 3.37. The Morgan fingerprint density at radius 3 is 2.47 bits per heavy atom. The van der Waals surface area contributed by atoms with E-state index in [1.165, 1.54) is 18.5 Å². The van der Waals surface area contributed by atoms with E-state index < -0.39 is 0 Å². The lowest BCUT2D eigenvalue weighted by Crippen LogP contribution is -2.12. The second-order valence-corrected chi connectivity index (χ2v) is 7.30. The molecule has 2 N–H and O–H groups in total. The Hall–Kier alpha value is -4.39. The van der Waals surface area contributed by atoms with Crippen LogP contribution in [0, 0.1) is 5.82 Å². The van der Waals surface area contributed by atoms with E-state index in [0.29, 0.717) is 34.9 Å². The number of fused-ring (bicyclic) bond motifs is 1. The van der Waals surface area contributed by atoms with E-state index in [1.54, 1.807) is 36.4 Å². The van der Waals surface area contributed by atoms with Crippen molar-refractivity contribution in [3.63, 3.8) is 0 Å². The van der Waals surface area contributed by atoms with Gasteiger partial charge in [-0.15, -0.1) is 0 Å². The van der Waals surface area contributed by atoms with E-state index in [4.69, 9.17) is 0 Å². The van der Waals surface area contributed by atoms with Gasteiger partial charge in [0.1, 0.15) is 11.6 Å². The maximum Gasteiger partial charge on any atom is 0.258 e.